The molecule has 15 heavy (non-hydrogen) atoms. The molecular weight excluding hydrogens is 215 g/mol. The van der Waals surface area contributed by atoms with Crippen molar-refractivity contribution in [2.45, 2.75) is 13.5 Å². The summed E-state index contributed by atoms with van der Waals surface area (Å²) >= 11 is 5.66. The predicted octanol–water partition coefficient (Wildman–Crippen LogP) is 2.16. The highest BCUT2D eigenvalue weighted by atomic mass is 35.5. The summed E-state index contributed by atoms with van der Waals surface area (Å²) in [7, 11) is 0. The van der Waals surface area contributed by atoms with Crippen molar-refractivity contribution in [2.24, 2.45) is 11.7 Å². The second-order valence-electron chi connectivity index (χ2n) is 3.72. The Bertz CT molecular complexity index is 317. The number of rotatable bonds is 5. The third-order valence-corrected chi connectivity index (χ3v) is 2.50. The highest BCUT2D eigenvalue weighted by Gasteiger charge is 2.01. The van der Waals surface area contributed by atoms with Gasteiger partial charge in [0.25, 0.3) is 0 Å². The lowest BCUT2D eigenvalue weighted by molar-refractivity contribution is 0.522. The molecular formula is C11H16ClFN2. The first-order valence-electron chi connectivity index (χ1n) is 4.98. The van der Waals surface area contributed by atoms with Crippen LogP contribution in [0.2, 0.25) is 5.02 Å². The van der Waals surface area contributed by atoms with Crippen LogP contribution in [0.15, 0.2) is 18.2 Å². The molecule has 1 aromatic rings. The summed E-state index contributed by atoms with van der Waals surface area (Å²) in [6.45, 7) is 4.28. The van der Waals surface area contributed by atoms with Crippen LogP contribution in [0.25, 0.3) is 0 Å². The van der Waals surface area contributed by atoms with Gasteiger partial charge in [0.1, 0.15) is 5.82 Å². The molecule has 0 saturated heterocycles. The first-order chi connectivity index (χ1) is 7.13. The van der Waals surface area contributed by atoms with Gasteiger partial charge in [-0.15, -0.1) is 0 Å². The summed E-state index contributed by atoms with van der Waals surface area (Å²) in [6, 6.07) is 4.74. The van der Waals surface area contributed by atoms with E-state index in [0.29, 0.717) is 19.0 Å². The van der Waals surface area contributed by atoms with Gasteiger partial charge in [0.2, 0.25) is 0 Å². The Balaban J connectivity index is 2.41. The van der Waals surface area contributed by atoms with Gasteiger partial charge in [0.05, 0.1) is 5.02 Å². The fourth-order valence-corrected chi connectivity index (χ4v) is 1.40. The molecule has 0 amide bonds. The molecule has 0 fully saturated rings. The van der Waals surface area contributed by atoms with Crippen LogP contribution in [0.3, 0.4) is 0 Å². The standard InChI is InChI=1S/C11H16ClFN2/c1-8(5-14)6-15-7-9-2-3-11(13)10(12)4-9/h2-4,8,15H,5-7,14H2,1H3. The molecule has 0 saturated carbocycles. The van der Waals surface area contributed by atoms with E-state index in [2.05, 4.69) is 12.2 Å². The van der Waals surface area contributed by atoms with E-state index in [1.165, 1.54) is 6.07 Å². The Kier molecular flexibility index (Phi) is 5.02. The van der Waals surface area contributed by atoms with Gasteiger partial charge in [-0.25, -0.2) is 4.39 Å². The third-order valence-electron chi connectivity index (χ3n) is 2.21. The highest BCUT2D eigenvalue weighted by Crippen LogP contribution is 2.15. The average molecular weight is 231 g/mol. The SMILES string of the molecule is CC(CN)CNCc1ccc(F)c(Cl)c1. The third kappa shape index (κ3) is 4.16. The summed E-state index contributed by atoms with van der Waals surface area (Å²) in [5.74, 6) is 0.0664. The molecule has 3 N–H and O–H groups in total. The molecule has 1 aromatic carbocycles. The minimum atomic E-state index is -0.379. The van der Waals surface area contributed by atoms with Crippen molar-refractivity contribution in [1.82, 2.24) is 5.32 Å². The molecule has 0 radical (unpaired) electrons. The van der Waals surface area contributed by atoms with Crippen molar-refractivity contribution >= 4 is 11.6 Å². The summed E-state index contributed by atoms with van der Waals surface area (Å²) in [5, 5.41) is 3.41. The lowest BCUT2D eigenvalue weighted by Crippen LogP contribution is -2.25. The molecule has 0 aromatic heterocycles. The van der Waals surface area contributed by atoms with Crippen molar-refractivity contribution in [3.8, 4) is 0 Å². The zero-order chi connectivity index (χ0) is 11.3. The van der Waals surface area contributed by atoms with Crippen molar-refractivity contribution < 1.29 is 4.39 Å². The predicted molar refractivity (Wildman–Crippen MR) is 61.3 cm³/mol. The maximum atomic E-state index is 12.8. The van der Waals surface area contributed by atoms with Crippen LogP contribution in [0, 0.1) is 11.7 Å². The summed E-state index contributed by atoms with van der Waals surface area (Å²) in [6.07, 6.45) is 0. The van der Waals surface area contributed by atoms with E-state index in [9.17, 15) is 4.39 Å². The molecule has 1 rings (SSSR count). The average Bonchev–Trinajstić information content (AvgIpc) is 2.23. The van der Waals surface area contributed by atoms with E-state index >= 15 is 0 Å². The highest BCUT2D eigenvalue weighted by molar-refractivity contribution is 6.30. The second-order valence-corrected chi connectivity index (χ2v) is 4.13. The number of nitrogens with one attached hydrogen (secondary N) is 1. The maximum Gasteiger partial charge on any atom is 0.141 e. The number of nitrogens with two attached hydrogens (primary N) is 1. The molecule has 0 aliphatic carbocycles. The van der Waals surface area contributed by atoms with Gasteiger partial charge in [-0.3, -0.25) is 0 Å². The molecule has 0 bridgehead atoms. The van der Waals surface area contributed by atoms with Crippen LogP contribution in [0.5, 0.6) is 0 Å². The topological polar surface area (TPSA) is 38.0 Å². The zero-order valence-electron chi connectivity index (χ0n) is 8.76. The Labute approximate surface area is 94.6 Å². The van der Waals surface area contributed by atoms with Crippen LogP contribution in [0.4, 0.5) is 4.39 Å². The zero-order valence-corrected chi connectivity index (χ0v) is 9.52. The molecule has 1 unspecified atom stereocenters. The molecule has 4 heteroatoms. The fourth-order valence-electron chi connectivity index (χ4n) is 1.20. The van der Waals surface area contributed by atoms with E-state index in [1.54, 1.807) is 12.1 Å². The molecule has 84 valence electrons. The quantitative estimate of drug-likeness (QED) is 0.814. The number of hydrogen-bond donors (Lipinski definition) is 2. The Morgan fingerprint density at radius 2 is 2.27 bits per heavy atom. The molecule has 0 spiro atoms. The van der Waals surface area contributed by atoms with Crippen molar-refractivity contribution in [1.29, 1.82) is 0 Å². The number of hydrogen-bond acceptors (Lipinski definition) is 2. The second kappa shape index (κ2) is 6.05. The van der Waals surface area contributed by atoms with Crippen LogP contribution in [0.1, 0.15) is 12.5 Å². The summed E-state index contributed by atoms with van der Waals surface area (Å²) in [5.41, 5.74) is 6.46. The first kappa shape index (κ1) is 12.4. The maximum absolute atomic E-state index is 12.8. The van der Waals surface area contributed by atoms with E-state index in [0.717, 1.165) is 12.1 Å². The molecule has 0 heterocycles. The van der Waals surface area contributed by atoms with Crippen molar-refractivity contribution in [2.75, 3.05) is 13.1 Å². The van der Waals surface area contributed by atoms with Crippen molar-refractivity contribution in [3.63, 3.8) is 0 Å². The largest absolute Gasteiger partial charge is 0.330 e. The normalized spacial score (nSPS) is 12.8. The fraction of sp³-hybridized carbons (Fsp3) is 0.455. The van der Waals surface area contributed by atoms with Gasteiger partial charge in [-0.05, 0) is 36.7 Å². The minimum absolute atomic E-state index is 0.168. The Hall–Kier alpha value is -0.640. The van der Waals surface area contributed by atoms with Gasteiger partial charge in [0.15, 0.2) is 0 Å². The van der Waals surface area contributed by atoms with Gasteiger partial charge >= 0.3 is 0 Å². The molecule has 0 aliphatic rings. The minimum Gasteiger partial charge on any atom is -0.330 e. The lowest BCUT2D eigenvalue weighted by Gasteiger charge is -2.10. The van der Waals surface area contributed by atoms with Crippen LogP contribution in [-0.4, -0.2) is 13.1 Å². The van der Waals surface area contributed by atoms with Crippen LogP contribution < -0.4 is 11.1 Å². The van der Waals surface area contributed by atoms with Gasteiger partial charge in [-0.1, -0.05) is 24.6 Å². The summed E-state index contributed by atoms with van der Waals surface area (Å²) < 4.78 is 12.8. The van der Waals surface area contributed by atoms with E-state index in [1.807, 2.05) is 0 Å². The monoisotopic (exact) mass is 230 g/mol. The van der Waals surface area contributed by atoms with Crippen molar-refractivity contribution in [3.05, 3.63) is 34.6 Å². The number of benzene rings is 1. The van der Waals surface area contributed by atoms with E-state index in [4.69, 9.17) is 17.3 Å². The first-order valence-corrected chi connectivity index (χ1v) is 5.36. The van der Waals surface area contributed by atoms with E-state index in [-0.39, 0.29) is 10.8 Å². The molecule has 0 aliphatic heterocycles. The summed E-state index contributed by atoms with van der Waals surface area (Å²) in [4.78, 5) is 0. The Morgan fingerprint density at radius 1 is 1.53 bits per heavy atom. The van der Waals surface area contributed by atoms with Gasteiger partial charge in [-0.2, -0.15) is 0 Å². The smallest absolute Gasteiger partial charge is 0.141 e. The molecule has 2 nitrogen and oxygen atoms in total. The lowest BCUT2D eigenvalue weighted by atomic mass is 10.1. The van der Waals surface area contributed by atoms with Gasteiger partial charge in [0, 0.05) is 6.54 Å². The Morgan fingerprint density at radius 3 is 2.87 bits per heavy atom. The van der Waals surface area contributed by atoms with Crippen LogP contribution in [-0.2, 0) is 6.54 Å². The molecule has 1 atom stereocenters. The van der Waals surface area contributed by atoms with Gasteiger partial charge < -0.3 is 11.1 Å². The van der Waals surface area contributed by atoms with Crippen LogP contribution >= 0.6 is 11.6 Å². The van der Waals surface area contributed by atoms with E-state index < -0.39 is 0 Å². The number of halogens is 2.